The topological polar surface area (TPSA) is 41.5 Å². The molecule has 0 aromatic heterocycles. The van der Waals surface area contributed by atoms with Gasteiger partial charge in [0.05, 0.1) is 6.61 Å². The van der Waals surface area contributed by atoms with Gasteiger partial charge in [-0.3, -0.25) is 0 Å². The van der Waals surface area contributed by atoms with E-state index in [-0.39, 0.29) is 6.61 Å². The van der Waals surface area contributed by atoms with E-state index >= 15 is 0 Å². The molecule has 0 aliphatic rings. The van der Waals surface area contributed by atoms with Gasteiger partial charge in [0.25, 0.3) is 0 Å². The molecule has 3 heteroatoms. The molecular formula is C13H21NO2. The lowest BCUT2D eigenvalue weighted by Gasteiger charge is -2.06. The molecule has 16 heavy (non-hydrogen) atoms. The molecule has 0 bridgehead atoms. The molecule has 1 rings (SSSR count). The van der Waals surface area contributed by atoms with Crippen molar-refractivity contribution in [3.8, 4) is 5.75 Å². The third-order valence-electron chi connectivity index (χ3n) is 2.34. The van der Waals surface area contributed by atoms with Crippen molar-refractivity contribution in [1.82, 2.24) is 5.32 Å². The first kappa shape index (κ1) is 13.0. The van der Waals surface area contributed by atoms with Crippen LogP contribution in [0.25, 0.3) is 0 Å². The number of rotatable bonds is 8. The van der Waals surface area contributed by atoms with Crippen molar-refractivity contribution in [3.05, 3.63) is 29.8 Å². The zero-order chi connectivity index (χ0) is 11.6. The molecule has 0 unspecified atom stereocenters. The van der Waals surface area contributed by atoms with Crippen LogP contribution in [0.2, 0.25) is 0 Å². The van der Waals surface area contributed by atoms with Gasteiger partial charge in [0.1, 0.15) is 5.75 Å². The molecule has 2 N–H and O–H groups in total. The van der Waals surface area contributed by atoms with Crippen LogP contribution >= 0.6 is 0 Å². The first-order chi connectivity index (χ1) is 7.86. The summed E-state index contributed by atoms with van der Waals surface area (Å²) in [6.45, 7) is 4.79. The fourth-order valence-electron chi connectivity index (χ4n) is 1.48. The van der Waals surface area contributed by atoms with Crippen LogP contribution in [0.4, 0.5) is 0 Å². The third kappa shape index (κ3) is 5.14. The van der Waals surface area contributed by atoms with E-state index in [0.717, 1.165) is 31.7 Å². The van der Waals surface area contributed by atoms with Crippen LogP contribution in [0.1, 0.15) is 18.9 Å². The van der Waals surface area contributed by atoms with E-state index < -0.39 is 0 Å². The summed E-state index contributed by atoms with van der Waals surface area (Å²) < 4.78 is 5.38. The van der Waals surface area contributed by atoms with Crippen molar-refractivity contribution in [1.29, 1.82) is 0 Å². The van der Waals surface area contributed by atoms with Crippen LogP contribution < -0.4 is 10.1 Å². The number of aliphatic hydroxyl groups is 1. The number of nitrogens with one attached hydrogen (secondary N) is 1. The van der Waals surface area contributed by atoms with Gasteiger partial charge in [0.15, 0.2) is 0 Å². The van der Waals surface area contributed by atoms with E-state index in [4.69, 9.17) is 9.84 Å². The number of aliphatic hydroxyl groups excluding tert-OH is 1. The average molecular weight is 223 g/mol. The highest BCUT2D eigenvalue weighted by molar-refractivity contribution is 5.27. The monoisotopic (exact) mass is 223 g/mol. The van der Waals surface area contributed by atoms with Crippen LogP contribution in [0, 0.1) is 0 Å². The maximum Gasteiger partial charge on any atom is 0.119 e. The first-order valence-corrected chi connectivity index (χ1v) is 5.90. The lowest BCUT2D eigenvalue weighted by molar-refractivity contribution is 0.286. The van der Waals surface area contributed by atoms with E-state index in [0.29, 0.717) is 6.61 Å². The van der Waals surface area contributed by atoms with Crippen molar-refractivity contribution < 1.29 is 9.84 Å². The summed E-state index contributed by atoms with van der Waals surface area (Å²) in [4.78, 5) is 0. The predicted octanol–water partition coefficient (Wildman–Crippen LogP) is 1.60. The van der Waals surface area contributed by atoms with Gasteiger partial charge in [0, 0.05) is 6.61 Å². The van der Waals surface area contributed by atoms with Crippen molar-refractivity contribution in [2.45, 2.75) is 19.8 Å². The van der Waals surface area contributed by atoms with Gasteiger partial charge >= 0.3 is 0 Å². The van der Waals surface area contributed by atoms with Gasteiger partial charge in [-0.1, -0.05) is 12.1 Å². The highest BCUT2D eigenvalue weighted by Gasteiger charge is 1.95. The molecule has 0 aliphatic carbocycles. The first-order valence-electron chi connectivity index (χ1n) is 5.90. The maximum atomic E-state index is 8.61. The van der Waals surface area contributed by atoms with Gasteiger partial charge in [-0.05, 0) is 50.6 Å². The van der Waals surface area contributed by atoms with Gasteiger partial charge < -0.3 is 15.2 Å². The fraction of sp³-hybridized carbons (Fsp3) is 0.538. The van der Waals surface area contributed by atoms with Crippen molar-refractivity contribution >= 4 is 0 Å². The maximum absolute atomic E-state index is 8.61. The zero-order valence-electron chi connectivity index (χ0n) is 9.91. The lowest BCUT2D eigenvalue weighted by Crippen LogP contribution is -2.19. The van der Waals surface area contributed by atoms with Crippen molar-refractivity contribution in [2.75, 3.05) is 26.3 Å². The molecule has 0 saturated carbocycles. The molecule has 0 amide bonds. The summed E-state index contributed by atoms with van der Waals surface area (Å²) in [6, 6.07) is 8.20. The Labute approximate surface area is 97.4 Å². The number of hydrogen-bond acceptors (Lipinski definition) is 3. The zero-order valence-corrected chi connectivity index (χ0v) is 9.91. The normalized spacial score (nSPS) is 10.4. The standard InChI is InChI=1S/C13H21NO2/c1-2-16-13-6-4-12(5-7-13)8-10-14-9-3-11-15/h4-7,14-15H,2-3,8-11H2,1H3. The molecule has 90 valence electrons. The Balaban J connectivity index is 2.21. The third-order valence-corrected chi connectivity index (χ3v) is 2.34. The van der Waals surface area contributed by atoms with Crippen molar-refractivity contribution in [3.63, 3.8) is 0 Å². The van der Waals surface area contributed by atoms with Gasteiger partial charge in [-0.25, -0.2) is 0 Å². The van der Waals surface area contributed by atoms with E-state index in [1.54, 1.807) is 0 Å². The molecule has 0 spiro atoms. The minimum Gasteiger partial charge on any atom is -0.494 e. The Morgan fingerprint density at radius 2 is 1.94 bits per heavy atom. The number of ether oxygens (including phenoxy) is 1. The summed E-state index contributed by atoms with van der Waals surface area (Å²) in [5.74, 6) is 0.930. The molecule has 1 aromatic carbocycles. The second-order valence-corrected chi connectivity index (χ2v) is 3.65. The lowest BCUT2D eigenvalue weighted by atomic mass is 10.1. The molecule has 3 nitrogen and oxygen atoms in total. The van der Waals surface area contributed by atoms with Gasteiger partial charge in [-0.15, -0.1) is 0 Å². The largest absolute Gasteiger partial charge is 0.494 e. The Morgan fingerprint density at radius 3 is 2.56 bits per heavy atom. The highest BCUT2D eigenvalue weighted by atomic mass is 16.5. The summed E-state index contributed by atoms with van der Waals surface area (Å²) in [5, 5.41) is 11.9. The predicted molar refractivity (Wildman–Crippen MR) is 65.9 cm³/mol. The van der Waals surface area contributed by atoms with E-state index in [1.807, 2.05) is 19.1 Å². The SMILES string of the molecule is CCOc1ccc(CCNCCCO)cc1. The molecule has 1 aromatic rings. The second kappa shape index (κ2) is 8.13. The number of hydrogen-bond donors (Lipinski definition) is 2. The van der Waals surface area contributed by atoms with Crippen LogP contribution in [-0.4, -0.2) is 31.4 Å². The molecule has 0 fully saturated rings. The molecule has 0 atom stereocenters. The fourth-order valence-corrected chi connectivity index (χ4v) is 1.48. The summed E-state index contributed by atoms with van der Waals surface area (Å²) in [6.07, 6.45) is 1.83. The van der Waals surface area contributed by atoms with Crippen LogP contribution in [0.5, 0.6) is 5.75 Å². The summed E-state index contributed by atoms with van der Waals surface area (Å²) >= 11 is 0. The van der Waals surface area contributed by atoms with Crippen LogP contribution in [0.3, 0.4) is 0 Å². The number of benzene rings is 1. The Kier molecular flexibility index (Phi) is 6.61. The smallest absolute Gasteiger partial charge is 0.119 e. The minimum atomic E-state index is 0.260. The minimum absolute atomic E-state index is 0.260. The highest BCUT2D eigenvalue weighted by Crippen LogP contribution is 2.12. The van der Waals surface area contributed by atoms with Crippen LogP contribution in [-0.2, 0) is 6.42 Å². The van der Waals surface area contributed by atoms with E-state index in [1.165, 1.54) is 5.56 Å². The molecular weight excluding hydrogens is 202 g/mol. The molecule has 0 saturated heterocycles. The van der Waals surface area contributed by atoms with E-state index in [9.17, 15) is 0 Å². The average Bonchev–Trinajstić information content (AvgIpc) is 2.31. The second-order valence-electron chi connectivity index (χ2n) is 3.65. The Hall–Kier alpha value is -1.06. The summed E-state index contributed by atoms with van der Waals surface area (Å²) in [7, 11) is 0. The Bertz CT molecular complexity index is 272. The summed E-state index contributed by atoms with van der Waals surface area (Å²) in [5.41, 5.74) is 1.31. The van der Waals surface area contributed by atoms with E-state index in [2.05, 4.69) is 17.4 Å². The quantitative estimate of drug-likeness (QED) is 0.658. The Morgan fingerprint density at radius 1 is 1.19 bits per heavy atom. The van der Waals surface area contributed by atoms with Gasteiger partial charge in [0.2, 0.25) is 0 Å². The van der Waals surface area contributed by atoms with Crippen molar-refractivity contribution in [2.24, 2.45) is 0 Å². The molecule has 0 aliphatic heterocycles. The van der Waals surface area contributed by atoms with Crippen LogP contribution in [0.15, 0.2) is 24.3 Å². The molecule has 0 heterocycles. The van der Waals surface area contributed by atoms with Gasteiger partial charge in [-0.2, -0.15) is 0 Å². The molecule has 0 radical (unpaired) electrons.